The zero-order valence-electron chi connectivity index (χ0n) is 15.1. The van der Waals surface area contributed by atoms with Crippen molar-refractivity contribution in [2.75, 3.05) is 11.4 Å². The topological polar surface area (TPSA) is 64.2 Å². The van der Waals surface area contributed by atoms with Crippen molar-refractivity contribution in [2.45, 2.75) is 12.5 Å². The number of hydrogen-bond acceptors (Lipinski definition) is 4. The van der Waals surface area contributed by atoms with E-state index in [1.165, 1.54) is 0 Å². The molecule has 3 heterocycles. The number of carbonyl (C=O) groups excluding carboxylic acids is 1. The van der Waals surface area contributed by atoms with E-state index in [1.807, 2.05) is 65.5 Å². The Balaban J connectivity index is 1.49. The van der Waals surface area contributed by atoms with Crippen LogP contribution in [0.2, 0.25) is 0 Å². The van der Waals surface area contributed by atoms with E-state index in [-0.39, 0.29) is 11.9 Å². The Morgan fingerprint density at radius 3 is 2.68 bits per heavy atom. The number of carbonyl (C=O) groups is 1. The van der Waals surface area contributed by atoms with Crippen LogP contribution in [0.25, 0.3) is 11.3 Å². The molecule has 0 spiro atoms. The van der Waals surface area contributed by atoms with Crippen molar-refractivity contribution >= 4 is 11.6 Å². The van der Waals surface area contributed by atoms with Gasteiger partial charge in [0, 0.05) is 36.3 Å². The summed E-state index contributed by atoms with van der Waals surface area (Å²) >= 11 is 0. The number of aromatic nitrogens is 3. The second-order valence-corrected chi connectivity index (χ2v) is 6.83. The Morgan fingerprint density at radius 1 is 1.04 bits per heavy atom. The third-order valence-corrected chi connectivity index (χ3v) is 5.06. The molecule has 0 aliphatic carbocycles. The molecule has 0 radical (unpaired) electrons. The minimum atomic E-state index is -0.171. The van der Waals surface area contributed by atoms with E-state index < -0.39 is 0 Å². The maximum absolute atomic E-state index is 13.3. The van der Waals surface area contributed by atoms with Crippen LogP contribution in [0.4, 0.5) is 5.69 Å². The SMILES string of the molecule is O=C(c1cc(-c2ccccc2)on1)N1CC(n2cccn2)Cc2ccccc21. The molecule has 4 aromatic rings. The summed E-state index contributed by atoms with van der Waals surface area (Å²) < 4.78 is 7.35. The van der Waals surface area contributed by atoms with Gasteiger partial charge in [-0.05, 0) is 24.1 Å². The normalized spacial score (nSPS) is 16.0. The lowest BCUT2D eigenvalue weighted by Crippen LogP contribution is -2.41. The minimum absolute atomic E-state index is 0.0781. The smallest absolute Gasteiger partial charge is 0.280 e. The van der Waals surface area contributed by atoms with Gasteiger partial charge in [-0.1, -0.05) is 53.7 Å². The summed E-state index contributed by atoms with van der Waals surface area (Å²) in [5, 5.41) is 8.41. The molecule has 0 N–H and O–H groups in total. The highest BCUT2D eigenvalue weighted by Gasteiger charge is 2.31. The van der Waals surface area contributed by atoms with E-state index in [9.17, 15) is 4.79 Å². The Bertz CT molecular complexity index is 1100. The van der Waals surface area contributed by atoms with E-state index in [0.717, 1.165) is 23.2 Å². The third-order valence-electron chi connectivity index (χ3n) is 5.06. The van der Waals surface area contributed by atoms with Crippen molar-refractivity contribution in [1.82, 2.24) is 14.9 Å². The molecule has 0 saturated heterocycles. The first-order valence-corrected chi connectivity index (χ1v) is 9.20. The van der Waals surface area contributed by atoms with Gasteiger partial charge in [0.15, 0.2) is 11.5 Å². The number of rotatable bonds is 3. The molecular weight excluding hydrogens is 352 g/mol. The Morgan fingerprint density at radius 2 is 1.86 bits per heavy atom. The summed E-state index contributed by atoms with van der Waals surface area (Å²) in [4.78, 5) is 15.1. The van der Waals surface area contributed by atoms with E-state index in [0.29, 0.717) is 18.0 Å². The summed E-state index contributed by atoms with van der Waals surface area (Å²) in [6, 6.07) is 21.3. The minimum Gasteiger partial charge on any atom is -0.355 e. The number of nitrogens with zero attached hydrogens (tertiary/aromatic N) is 4. The van der Waals surface area contributed by atoms with Crippen molar-refractivity contribution in [3.63, 3.8) is 0 Å². The number of amides is 1. The average molecular weight is 370 g/mol. The molecular formula is C22H18N4O2. The third kappa shape index (κ3) is 2.89. The predicted molar refractivity (Wildman–Crippen MR) is 105 cm³/mol. The molecule has 0 bridgehead atoms. The molecule has 1 aliphatic rings. The first-order valence-electron chi connectivity index (χ1n) is 9.20. The van der Waals surface area contributed by atoms with Gasteiger partial charge in [-0.3, -0.25) is 9.48 Å². The Labute approximate surface area is 162 Å². The molecule has 28 heavy (non-hydrogen) atoms. The summed E-state index contributed by atoms with van der Waals surface area (Å²) in [5.74, 6) is 0.410. The van der Waals surface area contributed by atoms with Crippen molar-refractivity contribution in [2.24, 2.45) is 0 Å². The molecule has 1 unspecified atom stereocenters. The van der Waals surface area contributed by atoms with Crippen LogP contribution in [-0.2, 0) is 6.42 Å². The molecule has 0 fully saturated rings. The van der Waals surface area contributed by atoms with E-state index in [1.54, 1.807) is 17.2 Å². The van der Waals surface area contributed by atoms with Crippen LogP contribution < -0.4 is 4.90 Å². The molecule has 1 aliphatic heterocycles. The predicted octanol–water partition coefficient (Wildman–Crippen LogP) is 3.98. The number of fused-ring (bicyclic) bond motifs is 1. The molecule has 138 valence electrons. The second kappa shape index (κ2) is 6.81. The van der Waals surface area contributed by atoms with Gasteiger partial charge in [-0.15, -0.1) is 0 Å². The van der Waals surface area contributed by atoms with E-state index in [2.05, 4.69) is 16.3 Å². The monoisotopic (exact) mass is 370 g/mol. The highest BCUT2D eigenvalue weighted by Crippen LogP contribution is 2.33. The summed E-state index contributed by atoms with van der Waals surface area (Å²) in [6.07, 6.45) is 4.52. The van der Waals surface area contributed by atoms with Crippen molar-refractivity contribution in [3.05, 3.63) is 90.4 Å². The van der Waals surface area contributed by atoms with Gasteiger partial charge in [0.25, 0.3) is 5.91 Å². The zero-order chi connectivity index (χ0) is 18.9. The van der Waals surface area contributed by atoms with Crippen LogP contribution in [0, 0.1) is 0 Å². The van der Waals surface area contributed by atoms with Crippen LogP contribution >= 0.6 is 0 Å². The molecule has 1 amide bonds. The molecule has 2 aromatic carbocycles. The number of benzene rings is 2. The lowest BCUT2D eigenvalue weighted by molar-refractivity contribution is 0.0971. The summed E-state index contributed by atoms with van der Waals surface area (Å²) in [7, 11) is 0. The fourth-order valence-corrected chi connectivity index (χ4v) is 3.69. The summed E-state index contributed by atoms with van der Waals surface area (Å²) in [5.41, 5.74) is 3.23. The fraction of sp³-hybridized carbons (Fsp3) is 0.136. The fourth-order valence-electron chi connectivity index (χ4n) is 3.69. The van der Waals surface area contributed by atoms with Gasteiger partial charge >= 0.3 is 0 Å². The maximum atomic E-state index is 13.3. The quantitative estimate of drug-likeness (QED) is 0.547. The highest BCUT2D eigenvalue weighted by atomic mass is 16.5. The lowest BCUT2D eigenvalue weighted by atomic mass is 9.97. The van der Waals surface area contributed by atoms with Gasteiger partial charge < -0.3 is 9.42 Å². The number of anilines is 1. The van der Waals surface area contributed by atoms with Crippen molar-refractivity contribution in [3.8, 4) is 11.3 Å². The van der Waals surface area contributed by atoms with E-state index >= 15 is 0 Å². The van der Waals surface area contributed by atoms with Crippen LogP contribution in [0.5, 0.6) is 0 Å². The Kier molecular flexibility index (Phi) is 4.01. The van der Waals surface area contributed by atoms with Crippen LogP contribution in [-0.4, -0.2) is 27.4 Å². The van der Waals surface area contributed by atoms with Crippen molar-refractivity contribution in [1.29, 1.82) is 0 Å². The molecule has 6 heteroatoms. The standard InChI is InChI=1S/C22H18N4O2/c27-22(19-14-21(28-24-19)16-7-2-1-3-8-16)25-15-18(26-12-6-11-23-26)13-17-9-4-5-10-20(17)25/h1-12,14,18H,13,15H2. The zero-order valence-corrected chi connectivity index (χ0v) is 15.1. The first kappa shape index (κ1) is 16.5. The Hall–Kier alpha value is -3.67. The van der Waals surface area contributed by atoms with Crippen LogP contribution in [0.15, 0.2) is 83.6 Å². The van der Waals surface area contributed by atoms with E-state index in [4.69, 9.17) is 4.52 Å². The number of hydrogen-bond donors (Lipinski definition) is 0. The molecule has 0 saturated carbocycles. The van der Waals surface area contributed by atoms with Gasteiger partial charge in [-0.2, -0.15) is 5.10 Å². The van der Waals surface area contributed by atoms with Gasteiger partial charge in [0.2, 0.25) is 0 Å². The van der Waals surface area contributed by atoms with Crippen LogP contribution in [0.3, 0.4) is 0 Å². The molecule has 2 aromatic heterocycles. The number of para-hydroxylation sites is 1. The summed E-state index contributed by atoms with van der Waals surface area (Å²) in [6.45, 7) is 0.533. The second-order valence-electron chi connectivity index (χ2n) is 6.83. The average Bonchev–Trinajstić information content (AvgIpc) is 3.45. The highest BCUT2D eigenvalue weighted by molar-refractivity contribution is 6.06. The van der Waals surface area contributed by atoms with Gasteiger partial charge in [0.05, 0.1) is 6.04 Å². The van der Waals surface area contributed by atoms with Gasteiger partial charge in [-0.25, -0.2) is 0 Å². The molecule has 6 nitrogen and oxygen atoms in total. The van der Waals surface area contributed by atoms with Crippen molar-refractivity contribution < 1.29 is 9.32 Å². The maximum Gasteiger partial charge on any atom is 0.280 e. The molecule has 5 rings (SSSR count). The van der Waals surface area contributed by atoms with Crippen LogP contribution in [0.1, 0.15) is 22.1 Å². The van der Waals surface area contributed by atoms with Gasteiger partial charge in [0.1, 0.15) is 0 Å². The molecule has 1 atom stereocenters. The lowest BCUT2D eigenvalue weighted by Gasteiger charge is -2.34. The first-order chi connectivity index (χ1) is 13.8. The largest absolute Gasteiger partial charge is 0.355 e.